The van der Waals surface area contributed by atoms with Crippen LogP contribution in [0.4, 0.5) is 16.3 Å². The second-order valence-corrected chi connectivity index (χ2v) is 15.4. The van der Waals surface area contributed by atoms with Gasteiger partial charge in [0.15, 0.2) is 5.82 Å². The maximum Gasteiger partial charge on any atom is 0.407 e. The molecule has 1 atom stereocenters. The average Bonchev–Trinajstić information content (AvgIpc) is 3.60. The van der Waals surface area contributed by atoms with E-state index >= 15 is 0 Å². The number of carbonyl (C=O) groups excluding carboxylic acids is 3. The summed E-state index contributed by atoms with van der Waals surface area (Å²) in [5.74, 6) is 0.430. The van der Waals surface area contributed by atoms with E-state index in [9.17, 15) is 14.4 Å². The molecule has 0 spiro atoms. The lowest BCUT2D eigenvalue weighted by Gasteiger charge is -2.36. The van der Waals surface area contributed by atoms with Gasteiger partial charge in [-0.2, -0.15) is 10.1 Å². The number of amides is 3. The van der Waals surface area contributed by atoms with Gasteiger partial charge in [-0.1, -0.05) is 24.3 Å². The smallest absolute Gasteiger partial charge is 0.407 e. The van der Waals surface area contributed by atoms with Crippen LogP contribution in [0.2, 0.25) is 5.28 Å². The van der Waals surface area contributed by atoms with Crippen molar-refractivity contribution in [3.05, 3.63) is 77.2 Å². The molecule has 0 bridgehead atoms. The Bertz CT molecular complexity index is 1930. The fraction of sp³-hybridized carbons (Fsp3) is 0.450. The van der Waals surface area contributed by atoms with E-state index in [1.807, 2.05) is 51.2 Å². The number of anilines is 2. The van der Waals surface area contributed by atoms with Crippen molar-refractivity contribution in [1.29, 1.82) is 0 Å². The lowest BCUT2D eigenvalue weighted by atomic mass is 9.81. The number of hydrogen-bond acceptors (Lipinski definition) is 9. The summed E-state index contributed by atoms with van der Waals surface area (Å²) in [5.41, 5.74) is 10.7. The number of pyridine rings is 1. The van der Waals surface area contributed by atoms with Crippen LogP contribution in [0.15, 0.2) is 60.8 Å². The van der Waals surface area contributed by atoms with Gasteiger partial charge in [0.1, 0.15) is 17.5 Å². The molecule has 1 aliphatic heterocycles. The van der Waals surface area contributed by atoms with Gasteiger partial charge in [0.2, 0.25) is 17.1 Å². The number of nitrogens with zero attached hydrogens (tertiary/aromatic N) is 5. The van der Waals surface area contributed by atoms with Crippen LogP contribution in [-0.2, 0) is 25.5 Å². The van der Waals surface area contributed by atoms with Crippen molar-refractivity contribution in [3.8, 4) is 22.5 Å². The van der Waals surface area contributed by atoms with E-state index in [0.717, 1.165) is 54.0 Å². The number of aryl methyl sites for hydroxylation is 1. The Kier molecular flexibility index (Phi) is 12.2. The van der Waals surface area contributed by atoms with Crippen LogP contribution in [-0.4, -0.2) is 82.6 Å². The number of halogens is 1. The number of aromatic amines is 1. The molecule has 2 aromatic carbocycles. The highest BCUT2D eigenvalue weighted by molar-refractivity contribution is 6.28. The van der Waals surface area contributed by atoms with E-state index in [1.165, 1.54) is 0 Å². The van der Waals surface area contributed by atoms with Crippen LogP contribution in [0.5, 0.6) is 0 Å². The Morgan fingerprint density at radius 3 is 2.41 bits per heavy atom. The fourth-order valence-electron chi connectivity index (χ4n) is 7.17. The van der Waals surface area contributed by atoms with Gasteiger partial charge in [-0.15, -0.1) is 0 Å². The van der Waals surface area contributed by atoms with E-state index in [0.29, 0.717) is 49.7 Å². The van der Waals surface area contributed by atoms with Crippen molar-refractivity contribution in [2.75, 3.05) is 42.6 Å². The lowest BCUT2D eigenvalue weighted by molar-refractivity contribution is -0.127. The zero-order chi connectivity index (χ0) is 38.4. The second kappa shape index (κ2) is 17.0. The van der Waals surface area contributed by atoms with Crippen molar-refractivity contribution >= 4 is 41.0 Å². The first-order valence-electron chi connectivity index (χ1n) is 18.5. The molecular weight excluding hydrogens is 708 g/mol. The number of benzene rings is 2. The number of alkyl carbamates (subject to hydrolysis) is 1. The number of aromatic nitrogens is 4. The number of carbonyl (C=O) groups is 3. The van der Waals surface area contributed by atoms with E-state index in [2.05, 4.69) is 38.4 Å². The van der Waals surface area contributed by atoms with Crippen LogP contribution < -0.4 is 20.9 Å². The highest BCUT2D eigenvalue weighted by Crippen LogP contribution is 2.34. The molecule has 3 amide bonds. The number of primary amides is 1. The van der Waals surface area contributed by atoms with Crippen LogP contribution in [0, 0.1) is 18.8 Å². The molecule has 1 saturated heterocycles. The molecule has 14 heteroatoms. The number of H-pyrrole nitrogens is 1. The molecule has 1 saturated carbocycles. The molecule has 1 aliphatic carbocycles. The summed E-state index contributed by atoms with van der Waals surface area (Å²) >= 11 is 5.97. The van der Waals surface area contributed by atoms with Gasteiger partial charge >= 0.3 is 6.09 Å². The summed E-state index contributed by atoms with van der Waals surface area (Å²) in [6.07, 6.45) is 4.35. The van der Waals surface area contributed by atoms with Crippen molar-refractivity contribution < 1.29 is 23.9 Å². The number of hydrogen-bond donors (Lipinski definition) is 3. The normalized spacial score (nSPS) is 18.1. The minimum absolute atomic E-state index is 0.165. The zero-order valence-corrected chi connectivity index (χ0v) is 32.1. The van der Waals surface area contributed by atoms with Crippen molar-refractivity contribution in [2.24, 2.45) is 17.6 Å². The molecular formula is C40H49ClN8O5. The fourth-order valence-corrected chi connectivity index (χ4v) is 7.29. The molecule has 2 aromatic heterocycles. The van der Waals surface area contributed by atoms with Crippen LogP contribution in [0.25, 0.3) is 22.5 Å². The standard InChI is InChI=1S/C40H49ClN8O5/c1-25-20-34(48-16-18-53-19-17-48)43-24-32(25)30-7-5-6-27(21-30)22-33(35(42)50)49(31-14-12-28(13-15-31)36-45-38(41)47-46-36)37(51)29-10-8-26(9-11-29)23-44-39(52)54-40(2,3)4/h5-7,12-15,20-21,24,26,29,33H,8-11,16-19,22-23H2,1-4H3,(H2,42,50)(H,44,52)(H,45,46,47)/t26?,29?,33-/m0/s1. The predicted molar refractivity (Wildman–Crippen MR) is 208 cm³/mol. The Balaban J connectivity index is 1.23. The van der Waals surface area contributed by atoms with Gasteiger partial charge in [-0.05, 0) is 118 Å². The quantitative estimate of drug-likeness (QED) is 0.164. The van der Waals surface area contributed by atoms with Gasteiger partial charge in [-0.3, -0.25) is 14.5 Å². The molecule has 54 heavy (non-hydrogen) atoms. The zero-order valence-electron chi connectivity index (χ0n) is 31.3. The molecule has 0 radical (unpaired) electrons. The van der Waals surface area contributed by atoms with Gasteiger partial charge in [0.25, 0.3) is 0 Å². The highest BCUT2D eigenvalue weighted by Gasteiger charge is 2.36. The number of nitrogens with two attached hydrogens (primary N) is 1. The molecule has 4 N–H and O–H groups in total. The van der Waals surface area contributed by atoms with E-state index in [1.54, 1.807) is 29.2 Å². The third-order valence-electron chi connectivity index (χ3n) is 9.97. The first-order valence-corrected chi connectivity index (χ1v) is 18.9. The maximum absolute atomic E-state index is 14.6. The lowest BCUT2D eigenvalue weighted by Crippen LogP contribution is -2.52. The maximum atomic E-state index is 14.6. The molecule has 286 valence electrons. The molecule has 6 rings (SSSR count). The van der Waals surface area contributed by atoms with Crippen LogP contribution in [0.3, 0.4) is 0 Å². The van der Waals surface area contributed by atoms with Gasteiger partial charge < -0.3 is 25.4 Å². The largest absolute Gasteiger partial charge is 0.444 e. The third kappa shape index (κ3) is 9.74. The van der Waals surface area contributed by atoms with Gasteiger partial charge in [0, 0.05) is 55.0 Å². The van der Waals surface area contributed by atoms with Crippen molar-refractivity contribution in [3.63, 3.8) is 0 Å². The summed E-state index contributed by atoms with van der Waals surface area (Å²) in [6, 6.07) is 16.2. The molecule has 3 heterocycles. The van der Waals surface area contributed by atoms with Gasteiger partial charge in [-0.25, -0.2) is 14.9 Å². The molecule has 13 nitrogen and oxygen atoms in total. The van der Waals surface area contributed by atoms with E-state index in [-0.39, 0.29) is 29.4 Å². The second-order valence-electron chi connectivity index (χ2n) is 15.1. The van der Waals surface area contributed by atoms with Crippen molar-refractivity contribution in [1.82, 2.24) is 25.5 Å². The van der Waals surface area contributed by atoms with Crippen molar-refractivity contribution in [2.45, 2.75) is 71.4 Å². The average molecular weight is 757 g/mol. The number of rotatable bonds is 11. The topological polar surface area (TPSA) is 169 Å². The summed E-state index contributed by atoms with van der Waals surface area (Å²) in [5, 5.41) is 9.80. The molecule has 2 fully saturated rings. The Hall–Kier alpha value is -5.01. The number of ether oxygens (including phenoxy) is 2. The Morgan fingerprint density at radius 1 is 1.06 bits per heavy atom. The summed E-state index contributed by atoms with van der Waals surface area (Å²) in [6.45, 7) is 11.0. The first kappa shape index (κ1) is 38.7. The van der Waals surface area contributed by atoms with Gasteiger partial charge in [0.05, 0.1) is 13.2 Å². The molecule has 2 aliphatic rings. The Morgan fingerprint density at radius 2 is 1.78 bits per heavy atom. The highest BCUT2D eigenvalue weighted by atomic mass is 35.5. The van der Waals surface area contributed by atoms with E-state index in [4.69, 9.17) is 31.8 Å². The minimum Gasteiger partial charge on any atom is -0.444 e. The summed E-state index contributed by atoms with van der Waals surface area (Å²) in [4.78, 5) is 53.0. The molecule has 0 unspecified atom stereocenters. The number of nitrogens with one attached hydrogen (secondary N) is 2. The first-order chi connectivity index (χ1) is 25.8. The summed E-state index contributed by atoms with van der Waals surface area (Å²) in [7, 11) is 0. The minimum atomic E-state index is -0.967. The number of morpholine rings is 1. The predicted octanol–water partition coefficient (Wildman–Crippen LogP) is 6.09. The third-order valence-corrected chi connectivity index (χ3v) is 10.1. The molecule has 4 aromatic rings. The van der Waals surface area contributed by atoms with E-state index < -0.39 is 23.6 Å². The monoisotopic (exact) mass is 756 g/mol. The summed E-state index contributed by atoms with van der Waals surface area (Å²) < 4.78 is 10.9. The van der Waals surface area contributed by atoms with Crippen LogP contribution in [0.1, 0.15) is 57.6 Å². The Labute approximate surface area is 321 Å². The SMILES string of the molecule is Cc1cc(N2CCOCC2)ncc1-c1cccc(C[C@@H](C(N)=O)N(C(=O)C2CCC(CNC(=O)OC(C)(C)C)CC2)c2ccc(-c3n[nH]c(Cl)n3)cc2)c1. The van der Waals surface area contributed by atoms with Crippen LogP contribution >= 0.6 is 11.6 Å².